The van der Waals surface area contributed by atoms with Gasteiger partial charge in [0.2, 0.25) is 0 Å². The van der Waals surface area contributed by atoms with Crippen molar-refractivity contribution in [1.82, 2.24) is 0 Å². The average molecular weight is 778 g/mol. The molecular formula is C55H37Br. The van der Waals surface area contributed by atoms with Crippen LogP contribution in [0.4, 0.5) is 0 Å². The zero-order valence-electron chi connectivity index (χ0n) is 31.3. The van der Waals surface area contributed by atoms with E-state index in [1.807, 2.05) is 0 Å². The van der Waals surface area contributed by atoms with E-state index in [0.29, 0.717) is 0 Å². The van der Waals surface area contributed by atoms with Gasteiger partial charge in [-0.2, -0.15) is 0 Å². The monoisotopic (exact) mass is 776 g/mol. The molecule has 0 atom stereocenters. The van der Waals surface area contributed by atoms with E-state index in [1.165, 1.54) is 110 Å². The number of rotatable bonds is 4. The van der Waals surface area contributed by atoms with Crippen LogP contribution in [0.2, 0.25) is 0 Å². The minimum absolute atomic E-state index is 0.0643. The van der Waals surface area contributed by atoms with Gasteiger partial charge in [-0.25, -0.2) is 0 Å². The molecule has 0 heterocycles. The van der Waals surface area contributed by atoms with Gasteiger partial charge < -0.3 is 0 Å². The molecule has 0 nitrogen and oxygen atoms in total. The molecule has 0 N–H and O–H groups in total. The second kappa shape index (κ2) is 12.6. The first kappa shape index (κ1) is 33.1. The van der Waals surface area contributed by atoms with Crippen molar-refractivity contribution in [2.75, 3.05) is 0 Å². The average Bonchev–Trinajstić information content (AvgIpc) is 3.47. The quantitative estimate of drug-likeness (QED) is 0.156. The first-order valence-electron chi connectivity index (χ1n) is 19.5. The van der Waals surface area contributed by atoms with E-state index in [-0.39, 0.29) is 5.41 Å². The molecule has 1 aliphatic rings. The second-order valence-corrected chi connectivity index (χ2v) is 16.6. The minimum Gasteiger partial charge on any atom is -0.0619 e. The summed E-state index contributed by atoms with van der Waals surface area (Å²) in [5.41, 5.74) is 15.5. The van der Waals surface area contributed by atoms with Crippen LogP contribution in [0.3, 0.4) is 0 Å². The van der Waals surface area contributed by atoms with Crippen LogP contribution in [0.15, 0.2) is 193 Å². The Balaban J connectivity index is 1.10. The van der Waals surface area contributed by atoms with E-state index < -0.39 is 0 Å². The van der Waals surface area contributed by atoms with E-state index in [4.69, 9.17) is 0 Å². The Kier molecular flexibility index (Phi) is 7.46. The number of hydrogen-bond donors (Lipinski definition) is 0. The first-order valence-corrected chi connectivity index (χ1v) is 20.2. The van der Waals surface area contributed by atoms with Crippen LogP contribution >= 0.6 is 15.9 Å². The molecule has 0 spiro atoms. The number of halogens is 1. The molecule has 0 amide bonds. The highest BCUT2D eigenvalue weighted by molar-refractivity contribution is 9.10. The van der Waals surface area contributed by atoms with Gasteiger partial charge in [-0.3, -0.25) is 0 Å². The normalized spacial score (nSPS) is 13.1. The fourth-order valence-electron chi connectivity index (χ4n) is 9.78. The van der Waals surface area contributed by atoms with Gasteiger partial charge in [-0.1, -0.05) is 200 Å². The Morgan fingerprint density at radius 2 is 0.607 bits per heavy atom. The summed E-state index contributed by atoms with van der Waals surface area (Å²) in [6.07, 6.45) is 0. The summed E-state index contributed by atoms with van der Waals surface area (Å²) >= 11 is 3.64. The largest absolute Gasteiger partial charge is 0.0619 e. The lowest BCUT2D eigenvalue weighted by Crippen LogP contribution is -2.14. The molecule has 0 aliphatic heterocycles. The fourth-order valence-corrected chi connectivity index (χ4v) is 10.0. The van der Waals surface area contributed by atoms with Gasteiger partial charge in [0.25, 0.3) is 0 Å². The summed E-state index contributed by atoms with van der Waals surface area (Å²) in [6.45, 7) is 4.74. The van der Waals surface area contributed by atoms with Gasteiger partial charge in [0, 0.05) is 9.89 Å². The smallest absolute Gasteiger partial charge is 0.0175 e. The number of benzene rings is 10. The predicted molar refractivity (Wildman–Crippen MR) is 243 cm³/mol. The van der Waals surface area contributed by atoms with Gasteiger partial charge in [-0.05, 0) is 128 Å². The summed E-state index contributed by atoms with van der Waals surface area (Å²) < 4.78 is 1.08. The third-order valence-electron chi connectivity index (χ3n) is 12.3. The molecule has 0 fully saturated rings. The summed E-state index contributed by atoms with van der Waals surface area (Å²) in [4.78, 5) is 0. The summed E-state index contributed by atoms with van der Waals surface area (Å²) in [7, 11) is 0. The highest BCUT2D eigenvalue weighted by Gasteiger charge is 2.35. The highest BCUT2D eigenvalue weighted by atomic mass is 79.9. The van der Waals surface area contributed by atoms with Crippen molar-refractivity contribution in [2.45, 2.75) is 19.3 Å². The maximum atomic E-state index is 3.64. The van der Waals surface area contributed by atoms with Gasteiger partial charge in [0.15, 0.2) is 0 Å². The Bertz CT molecular complexity index is 3090. The van der Waals surface area contributed by atoms with Crippen molar-refractivity contribution in [1.29, 1.82) is 0 Å². The van der Waals surface area contributed by atoms with E-state index in [0.717, 1.165) is 4.47 Å². The zero-order chi connectivity index (χ0) is 37.5. The topological polar surface area (TPSA) is 0 Å². The molecule has 10 aromatic carbocycles. The SMILES string of the molecule is CC1(C)c2ccccc2-c2ccc(-c3c4ccccc4c(-c4ccc(-c5c6ccccc6c(-c6ccc(Br)cc6)c6ccccc56)cc4)c4ccccc34)cc21. The Hall–Kier alpha value is -6.28. The molecule has 0 unspecified atom stereocenters. The number of hydrogen-bond acceptors (Lipinski definition) is 0. The highest BCUT2D eigenvalue weighted by Crippen LogP contribution is 2.51. The summed E-state index contributed by atoms with van der Waals surface area (Å²) in [5, 5.41) is 10.1. The molecular weight excluding hydrogens is 741 g/mol. The van der Waals surface area contributed by atoms with Crippen molar-refractivity contribution in [3.63, 3.8) is 0 Å². The lowest BCUT2D eigenvalue weighted by atomic mass is 9.80. The van der Waals surface area contributed by atoms with Crippen molar-refractivity contribution in [2.24, 2.45) is 0 Å². The molecule has 0 saturated heterocycles. The van der Waals surface area contributed by atoms with Crippen LogP contribution in [0, 0.1) is 0 Å². The van der Waals surface area contributed by atoms with E-state index in [9.17, 15) is 0 Å². The van der Waals surface area contributed by atoms with Crippen LogP contribution in [0.5, 0.6) is 0 Å². The molecule has 264 valence electrons. The molecule has 0 aromatic heterocycles. The van der Waals surface area contributed by atoms with E-state index >= 15 is 0 Å². The first-order chi connectivity index (χ1) is 27.5. The second-order valence-electron chi connectivity index (χ2n) is 15.7. The Morgan fingerprint density at radius 3 is 1.02 bits per heavy atom. The van der Waals surface area contributed by atoms with Gasteiger partial charge in [0.05, 0.1) is 0 Å². The predicted octanol–water partition coefficient (Wildman–Crippen LogP) is 16.0. The van der Waals surface area contributed by atoms with Crippen LogP contribution in [0.25, 0.3) is 98.7 Å². The summed E-state index contributed by atoms with van der Waals surface area (Å²) in [5.74, 6) is 0. The van der Waals surface area contributed by atoms with Gasteiger partial charge in [0.1, 0.15) is 0 Å². The van der Waals surface area contributed by atoms with Crippen molar-refractivity contribution >= 4 is 59.0 Å². The third kappa shape index (κ3) is 4.91. The Labute approximate surface area is 335 Å². The van der Waals surface area contributed by atoms with Gasteiger partial charge in [-0.15, -0.1) is 0 Å². The molecule has 0 radical (unpaired) electrons. The molecule has 1 heteroatoms. The maximum absolute atomic E-state index is 3.64. The third-order valence-corrected chi connectivity index (χ3v) is 12.9. The summed E-state index contributed by atoms with van der Waals surface area (Å²) in [6, 6.07) is 69.9. The molecule has 0 bridgehead atoms. The van der Waals surface area contributed by atoms with E-state index in [1.54, 1.807) is 0 Å². The van der Waals surface area contributed by atoms with Crippen LogP contribution < -0.4 is 0 Å². The molecule has 0 saturated carbocycles. The number of fused-ring (bicyclic) bond motifs is 7. The van der Waals surface area contributed by atoms with Crippen LogP contribution in [-0.2, 0) is 5.41 Å². The molecule has 56 heavy (non-hydrogen) atoms. The van der Waals surface area contributed by atoms with E-state index in [2.05, 4.69) is 218 Å². The lowest BCUT2D eigenvalue weighted by Gasteiger charge is -2.23. The fraction of sp³-hybridized carbons (Fsp3) is 0.0545. The molecule has 1 aliphatic carbocycles. The lowest BCUT2D eigenvalue weighted by molar-refractivity contribution is 0.660. The van der Waals surface area contributed by atoms with Crippen LogP contribution in [-0.4, -0.2) is 0 Å². The zero-order valence-corrected chi connectivity index (χ0v) is 32.9. The van der Waals surface area contributed by atoms with Crippen molar-refractivity contribution in [3.8, 4) is 55.6 Å². The minimum atomic E-state index is -0.0643. The molecule has 10 aromatic rings. The van der Waals surface area contributed by atoms with Crippen molar-refractivity contribution in [3.05, 3.63) is 204 Å². The standard InChI is InChI=1S/C55H37Br/c1-55(2)49-22-12-11-13-39(49)40-32-29-37(33-50(40)55)54-47-20-9-7-18-45(47)52(46-19-8-10-21-48(46)54)35-25-23-34(24-26-35)51-41-14-3-5-16-43(41)53(36-27-30-38(56)31-28-36)44-17-6-4-15-42(44)51/h3-33H,1-2H3. The molecule has 11 rings (SSSR count). The van der Waals surface area contributed by atoms with Crippen molar-refractivity contribution < 1.29 is 0 Å². The Morgan fingerprint density at radius 1 is 0.304 bits per heavy atom. The van der Waals surface area contributed by atoms with Crippen LogP contribution in [0.1, 0.15) is 25.0 Å². The van der Waals surface area contributed by atoms with Gasteiger partial charge >= 0.3 is 0 Å². The maximum Gasteiger partial charge on any atom is 0.0175 e.